The van der Waals surface area contributed by atoms with Crippen molar-refractivity contribution in [1.82, 2.24) is 9.80 Å². The van der Waals surface area contributed by atoms with Crippen LogP contribution in [0.3, 0.4) is 0 Å². The Morgan fingerprint density at radius 3 is 1.16 bits per heavy atom. The SMILES string of the molecule is CN1CC[C@H](Oc2cccc3c2C(N)=NS(=O)(=O)C3)C1.NC1=NS(=O)(=O)Cc2cccc(OC3CCCC3)c21.NC1=NS(=O)(=O)Cc2cccc(OC3CCCC3)c21.NC1=NS(=O)(=O)Cc2cccc(OCCN3CCCC3=O)c21. The maximum Gasteiger partial charge on any atom is 0.259 e. The molecule has 12 rings (SSSR count). The average Bonchev–Trinajstić information content (AvgIpc) is 4.23. The molecular weight excluding hydrogens is 1110 g/mol. The lowest BCUT2D eigenvalue weighted by Crippen LogP contribution is -2.30. The van der Waals surface area contributed by atoms with Crippen LogP contribution in [0.15, 0.2) is 90.4 Å². The molecule has 6 heterocycles. The summed E-state index contributed by atoms with van der Waals surface area (Å²) in [6, 6.07) is 21.3. The number of carbonyl (C=O) groups is 1. The molecule has 0 unspecified atom stereocenters. The minimum absolute atomic E-state index is 0.0215. The van der Waals surface area contributed by atoms with E-state index >= 15 is 0 Å². The second-order valence-corrected chi connectivity index (χ2v) is 27.2. The summed E-state index contributed by atoms with van der Waals surface area (Å²) in [6.07, 6.45) is 11.8. The number of nitrogens with two attached hydrogens (primary N) is 4. The molecule has 1 amide bonds. The summed E-state index contributed by atoms with van der Waals surface area (Å²) in [7, 11) is -12.0. The number of fused-ring (bicyclic) bond motifs is 4. The van der Waals surface area contributed by atoms with Crippen molar-refractivity contribution in [1.29, 1.82) is 0 Å². The van der Waals surface area contributed by atoms with Crippen molar-refractivity contribution in [3.8, 4) is 23.0 Å². The van der Waals surface area contributed by atoms with Gasteiger partial charge in [-0.05, 0) is 118 Å². The predicted molar refractivity (Wildman–Crippen MR) is 303 cm³/mol. The van der Waals surface area contributed by atoms with E-state index in [0.29, 0.717) is 87.1 Å². The third kappa shape index (κ3) is 14.4. The third-order valence-electron chi connectivity index (χ3n) is 14.4. The second-order valence-electron chi connectivity index (χ2n) is 20.6. The van der Waals surface area contributed by atoms with Gasteiger partial charge in [-0.1, -0.05) is 48.5 Å². The number of likely N-dealkylation sites (tertiary alicyclic amines) is 2. The number of nitrogens with zero attached hydrogens (tertiary/aromatic N) is 6. The van der Waals surface area contributed by atoms with Gasteiger partial charge in [-0.2, -0.15) is 0 Å². The van der Waals surface area contributed by atoms with Gasteiger partial charge in [0.25, 0.3) is 40.1 Å². The van der Waals surface area contributed by atoms with E-state index < -0.39 is 40.1 Å². The lowest BCUT2D eigenvalue weighted by Gasteiger charge is -2.20. The number of hydrogen-bond donors (Lipinski definition) is 4. The largest absolute Gasteiger partial charge is 0.491 e. The van der Waals surface area contributed by atoms with Gasteiger partial charge >= 0.3 is 0 Å². The van der Waals surface area contributed by atoms with Crippen molar-refractivity contribution in [2.24, 2.45) is 40.5 Å². The Hall–Kier alpha value is -6.81. The number of rotatable bonds is 10. The number of sulfonamides is 4. The first-order valence-electron chi connectivity index (χ1n) is 26.4. The van der Waals surface area contributed by atoms with Crippen molar-refractivity contribution in [3.05, 3.63) is 117 Å². The van der Waals surface area contributed by atoms with E-state index in [2.05, 4.69) is 22.5 Å². The quantitative estimate of drug-likeness (QED) is 0.176. The Morgan fingerprint density at radius 1 is 0.475 bits per heavy atom. The molecule has 2 saturated heterocycles. The van der Waals surface area contributed by atoms with Crippen LogP contribution in [0.1, 0.15) is 115 Å². The third-order valence-corrected chi connectivity index (χ3v) is 19.0. The van der Waals surface area contributed by atoms with E-state index in [1.165, 1.54) is 25.7 Å². The minimum Gasteiger partial charge on any atom is -0.491 e. The molecule has 0 radical (unpaired) electrons. The van der Waals surface area contributed by atoms with E-state index in [4.69, 9.17) is 41.9 Å². The van der Waals surface area contributed by atoms with Crippen LogP contribution >= 0.6 is 0 Å². The number of ether oxygens (including phenoxy) is 4. The number of amidine groups is 4. The molecule has 4 fully saturated rings. The van der Waals surface area contributed by atoms with Crippen molar-refractivity contribution < 1.29 is 57.4 Å². The monoisotopic (exact) mass is 1180 g/mol. The average molecular weight is 1180 g/mol. The Labute approximate surface area is 466 Å². The van der Waals surface area contributed by atoms with Gasteiger partial charge in [0.15, 0.2) is 0 Å². The fourth-order valence-corrected chi connectivity index (χ4v) is 15.2. The maximum absolute atomic E-state index is 11.6. The lowest BCUT2D eigenvalue weighted by atomic mass is 10.1. The fourth-order valence-electron chi connectivity index (χ4n) is 10.8. The number of amides is 1. The van der Waals surface area contributed by atoms with E-state index in [9.17, 15) is 38.5 Å². The molecule has 27 heteroatoms. The second kappa shape index (κ2) is 24.1. The standard InChI is InChI=1S/C14H17N3O4S.C13H17N3O3S.2C13H16N2O3S/c15-14-13-10(9-22(19,20)16-14)3-1-4-11(13)21-8-7-17-6-2-5-12(17)18;1-16-6-5-10(7-16)19-11-4-2-3-9-8-20(17,18)15-13(14)12(9)11;2*14-13-12-9(8-19(16,17)15-13)4-3-7-11(12)18-10-5-1-2-6-10/h1,3-4H,2,5-9H2,(H2,15,16);2-4,10H,5-8H2,1H3,(H2,14,15);2*3-4,7,10H,1-2,5-6,8H2,(H2,14,15)/t;10-;;/m.0../s1. The first kappa shape index (κ1) is 57.9. The van der Waals surface area contributed by atoms with Gasteiger partial charge in [-0.15, -0.1) is 17.6 Å². The molecule has 0 aromatic heterocycles. The molecule has 0 spiro atoms. The Morgan fingerprint density at radius 2 is 0.825 bits per heavy atom. The van der Waals surface area contributed by atoms with Crippen molar-refractivity contribution in [2.75, 3.05) is 39.8 Å². The fraction of sp³-hybridized carbons (Fsp3) is 0.453. The molecule has 6 aliphatic heterocycles. The van der Waals surface area contributed by atoms with Gasteiger partial charge in [-0.25, -0.2) is 33.7 Å². The first-order valence-corrected chi connectivity index (χ1v) is 32.8. The molecule has 8 N–H and O–H groups in total. The highest BCUT2D eigenvalue weighted by Crippen LogP contribution is 2.35. The first-order chi connectivity index (χ1) is 38.0. The zero-order valence-corrected chi connectivity index (χ0v) is 47.5. The molecule has 4 aromatic rings. The molecule has 8 aliphatic rings. The topological polar surface area (TPSA) is 351 Å². The summed E-state index contributed by atoms with van der Waals surface area (Å²) < 4.78 is 131. The highest BCUT2D eigenvalue weighted by atomic mass is 32.2. The maximum atomic E-state index is 11.6. The van der Waals surface area contributed by atoms with Crippen molar-refractivity contribution in [2.45, 2.75) is 112 Å². The minimum atomic E-state index is -3.55. The summed E-state index contributed by atoms with van der Waals surface area (Å²) in [6.45, 7) is 3.47. The van der Waals surface area contributed by atoms with Crippen LogP contribution in [0, 0.1) is 0 Å². The summed E-state index contributed by atoms with van der Waals surface area (Å²) in [5.41, 5.74) is 28.2. The number of likely N-dealkylation sites (N-methyl/N-ethyl adjacent to an activating group) is 1. The van der Waals surface area contributed by atoms with Gasteiger partial charge in [0.2, 0.25) is 5.91 Å². The van der Waals surface area contributed by atoms with Crippen LogP contribution in [-0.4, -0.2) is 131 Å². The molecule has 2 saturated carbocycles. The lowest BCUT2D eigenvalue weighted by molar-refractivity contribution is -0.128. The van der Waals surface area contributed by atoms with E-state index in [1.54, 1.807) is 59.5 Å². The van der Waals surface area contributed by atoms with Crippen LogP contribution in [-0.2, 0) is 67.9 Å². The van der Waals surface area contributed by atoms with Gasteiger partial charge in [0.05, 0.1) is 64.0 Å². The van der Waals surface area contributed by atoms with E-state index in [-0.39, 0.29) is 70.6 Å². The van der Waals surface area contributed by atoms with Gasteiger partial charge in [-0.3, -0.25) is 4.79 Å². The van der Waals surface area contributed by atoms with Crippen molar-refractivity contribution in [3.63, 3.8) is 0 Å². The van der Waals surface area contributed by atoms with Gasteiger partial charge in [0, 0.05) is 26.1 Å². The Bertz CT molecular complexity index is 3500. The van der Waals surface area contributed by atoms with Gasteiger partial charge < -0.3 is 51.7 Å². The molecule has 0 bridgehead atoms. The van der Waals surface area contributed by atoms with Crippen LogP contribution in [0.5, 0.6) is 23.0 Å². The molecule has 4 aromatic carbocycles. The predicted octanol–water partition coefficient (Wildman–Crippen LogP) is 3.67. The molecule has 80 heavy (non-hydrogen) atoms. The van der Waals surface area contributed by atoms with E-state index in [1.807, 2.05) is 25.2 Å². The Balaban J connectivity index is 0.000000129. The number of hydrogen-bond acceptors (Lipinski definition) is 18. The highest BCUT2D eigenvalue weighted by molar-refractivity contribution is 7.90. The van der Waals surface area contributed by atoms with Crippen LogP contribution in [0.4, 0.5) is 0 Å². The smallest absolute Gasteiger partial charge is 0.259 e. The summed E-state index contributed by atoms with van der Waals surface area (Å²) >= 11 is 0. The molecule has 23 nitrogen and oxygen atoms in total. The Kier molecular flexibility index (Phi) is 17.4. The van der Waals surface area contributed by atoms with Gasteiger partial charge in [0.1, 0.15) is 59.1 Å². The van der Waals surface area contributed by atoms with Crippen LogP contribution in [0.25, 0.3) is 0 Å². The van der Waals surface area contributed by atoms with Crippen LogP contribution < -0.4 is 41.9 Å². The number of benzene rings is 4. The summed E-state index contributed by atoms with van der Waals surface area (Å²) in [4.78, 5) is 15.5. The number of carbonyl (C=O) groups excluding carboxylic acids is 1. The highest BCUT2D eigenvalue weighted by Gasteiger charge is 2.31. The van der Waals surface area contributed by atoms with Crippen molar-refractivity contribution >= 4 is 69.3 Å². The normalized spacial score (nSPS) is 22.0. The zero-order chi connectivity index (χ0) is 57.0. The van der Waals surface area contributed by atoms with E-state index in [0.717, 1.165) is 58.2 Å². The molecule has 2 aliphatic carbocycles. The molecule has 1 atom stereocenters. The molecule has 430 valence electrons. The molecular formula is C53H66N10O13S4. The van der Waals surface area contributed by atoms with Crippen LogP contribution in [0.2, 0.25) is 0 Å². The summed E-state index contributed by atoms with van der Waals surface area (Å²) in [5, 5.41) is 0. The summed E-state index contributed by atoms with van der Waals surface area (Å²) in [5.74, 6) is 2.11. The zero-order valence-electron chi connectivity index (χ0n) is 44.2.